The van der Waals surface area contributed by atoms with E-state index in [4.69, 9.17) is 11.3 Å². The summed E-state index contributed by atoms with van der Waals surface area (Å²) in [4.78, 5) is 10.6. The van der Waals surface area contributed by atoms with E-state index >= 15 is 0 Å². The number of rotatable bonds is 2. The monoisotopic (exact) mass is 578 g/mol. The van der Waals surface area contributed by atoms with Gasteiger partial charge in [0.2, 0.25) is 5.95 Å². The fourth-order valence-corrected chi connectivity index (χ4v) is 8.33. The van der Waals surface area contributed by atoms with Crippen molar-refractivity contribution in [2.24, 2.45) is 0 Å². The zero-order valence-corrected chi connectivity index (χ0v) is 24.3. The van der Waals surface area contributed by atoms with Crippen LogP contribution in [0.4, 0.5) is 0 Å². The van der Waals surface area contributed by atoms with E-state index in [1.54, 1.807) is 0 Å². The Morgan fingerprint density at radius 1 is 0.545 bits per heavy atom. The number of aromatic nitrogens is 3. The minimum absolute atomic E-state index is 0.428. The molecule has 10 rings (SSSR count). The van der Waals surface area contributed by atoms with Crippen LogP contribution in [0, 0.1) is 0 Å². The lowest BCUT2D eigenvalue weighted by molar-refractivity contribution is 1.02. The van der Waals surface area contributed by atoms with Crippen molar-refractivity contribution in [2.45, 2.75) is 0 Å². The summed E-state index contributed by atoms with van der Waals surface area (Å²) in [7, 11) is 0. The van der Waals surface area contributed by atoms with Crippen LogP contribution in [0.5, 0.6) is 0 Å². The maximum atomic E-state index is 8.44. The third-order valence-corrected chi connectivity index (χ3v) is 10.1. The quantitative estimate of drug-likeness (QED) is 0.204. The van der Waals surface area contributed by atoms with Gasteiger partial charge in [-0.25, -0.2) is 9.97 Å². The molecule has 0 aliphatic carbocycles. The smallest absolute Gasteiger partial charge is 0.235 e. The molecule has 0 fully saturated rings. The molecule has 0 aliphatic heterocycles. The molecule has 0 aliphatic rings. The van der Waals surface area contributed by atoms with E-state index in [-0.39, 0.29) is 0 Å². The molecule has 10 aromatic rings. The van der Waals surface area contributed by atoms with E-state index < -0.39 is 0 Å². The molecule has 3 heterocycles. The molecule has 0 atom stereocenters. The molecule has 0 radical (unpaired) electrons. The molecule has 0 unspecified atom stereocenters. The van der Waals surface area contributed by atoms with Crippen molar-refractivity contribution in [3.63, 3.8) is 0 Å². The van der Waals surface area contributed by atoms with Crippen LogP contribution < -0.4 is 0 Å². The van der Waals surface area contributed by atoms with Crippen molar-refractivity contribution in [2.75, 3.05) is 0 Å². The molecule has 0 saturated heterocycles. The van der Waals surface area contributed by atoms with Gasteiger partial charge in [0.05, 0.1) is 28.3 Å². The molecule has 44 heavy (non-hydrogen) atoms. The standard InChI is InChI=1S/C40H23N3S/c1-2-13-25(14-3-1)37-29-18-8-10-20-31(29)41-40(42-37)43-32-23-22-24-12-4-5-15-26(24)35(32)36-28-17-7-6-16-27(28)34-30-19-9-11-21-33(30)44-39(34)38(36)43/h1-23H/i10D. The van der Waals surface area contributed by atoms with Crippen LogP contribution in [-0.2, 0) is 0 Å². The number of para-hydroxylation sites is 1. The van der Waals surface area contributed by atoms with E-state index in [9.17, 15) is 0 Å². The fraction of sp³-hybridized carbons (Fsp3) is 0. The maximum Gasteiger partial charge on any atom is 0.235 e. The minimum Gasteiger partial charge on any atom is -0.276 e. The Kier molecular flexibility index (Phi) is 4.67. The lowest BCUT2D eigenvalue weighted by atomic mass is 9.97. The van der Waals surface area contributed by atoms with Crippen LogP contribution in [-0.4, -0.2) is 14.5 Å². The van der Waals surface area contributed by atoms with Crippen LogP contribution in [0.2, 0.25) is 0 Å². The summed E-state index contributed by atoms with van der Waals surface area (Å²) in [6, 6.07) is 47.0. The molecule has 0 amide bonds. The molecule has 204 valence electrons. The molecule has 7 aromatic carbocycles. The average molecular weight is 579 g/mol. The number of benzene rings is 7. The van der Waals surface area contributed by atoms with Crippen LogP contribution in [0.25, 0.3) is 91.6 Å². The second kappa shape index (κ2) is 8.96. The minimum atomic E-state index is 0.428. The lowest BCUT2D eigenvalue weighted by Gasteiger charge is -2.12. The van der Waals surface area contributed by atoms with Gasteiger partial charge in [0, 0.05) is 37.2 Å². The number of nitrogens with zero attached hydrogens (tertiary/aromatic N) is 3. The van der Waals surface area contributed by atoms with Gasteiger partial charge in [0.1, 0.15) is 0 Å². The van der Waals surface area contributed by atoms with Gasteiger partial charge in [-0.1, -0.05) is 121 Å². The van der Waals surface area contributed by atoms with Crippen molar-refractivity contribution in [3.05, 3.63) is 140 Å². The van der Waals surface area contributed by atoms with Gasteiger partial charge < -0.3 is 0 Å². The summed E-state index contributed by atoms with van der Waals surface area (Å²) in [6.07, 6.45) is 0. The molecule has 4 heteroatoms. The Hall–Kier alpha value is -5.58. The van der Waals surface area contributed by atoms with E-state index in [0.29, 0.717) is 12.0 Å². The molecule has 3 nitrogen and oxygen atoms in total. The van der Waals surface area contributed by atoms with Crippen LogP contribution in [0.15, 0.2) is 140 Å². The van der Waals surface area contributed by atoms with Crippen LogP contribution in [0.1, 0.15) is 1.37 Å². The van der Waals surface area contributed by atoms with Gasteiger partial charge >= 0.3 is 0 Å². The SMILES string of the molecule is [2H]c1ccc2c(-c3ccccc3)nc(-n3c4ccc5ccccc5c4c4c5ccccc5c5c6ccccc6sc5c43)nc2c1. The first-order valence-corrected chi connectivity index (χ1v) is 15.6. The summed E-state index contributed by atoms with van der Waals surface area (Å²) in [5.41, 5.74) is 4.83. The Balaban J connectivity index is 1.50. The summed E-state index contributed by atoms with van der Waals surface area (Å²) >= 11 is 1.84. The first-order chi connectivity index (χ1) is 22.2. The summed E-state index contributed by atoms with van der Waals surface area (Å²) in [6.45, 7) is 0. The van der Waals surface area contributed by atoms with Gasteiger partial charge in [-0.3, -0.25) is 4.57 Å². The predicted octanol–water partition coefficient (Wildman–Crippen LogP) is 11.1. The Labute approximate surface area is 257 Å². The zero-order valence-electron chi connectivity index (χ0n) is 24.5. The maximum absolute atomic E-state index is 8.44. The predicted molar refractivity (Wildman–Crippen MR) is 187 cm³/mol. The third kappa shape index (κ3) is 3.20. The van der Waals surface area contributed by atoms with Gasteiger partial charge in [-0.05, 0) is 39.7 Å². The normalized spacial score (nSPS) is 12.4. The van der Waals surface area contributed by atoms with Gasteiger partial charge in [0.25, 0.3) is 0 Å². The fourth-order valence-electron chi connectivity index (χ4n) is 7.07. The topological polar surface area (TPSA) is 30.7 Å². The van der Waals surface area contributed by atoms with E-state index in [1.165, 1.54) is 52.5 Å². The van der Waals surface area contributed by atoms with Crippen molar-refractivity contribution in [1.82, 2.24) is 14.5 Å². The van der Waals surface area contributed by atoms with Crippen LogP contribution in [0.3, 0.4) is 0 Å². The summed E-state index contributed by atoms with van der Waals surface area (Å²) < 4.78 is 13.2. The molecular weight excluding hydrogens is 555 g/mol. The van der Waals surface area contributed by atoms with Gasteiger partial charge in [-0.15, -0.1) is 11.3 Å². The van der Waals surface area contributed by atoms with Gasteiger partial charge in [0.15, 0.2) is 0 Å². The van der Waals surface area contributed by atoms with Crippen molar-refractivity contribution in [1.29, 1.82) is 0 Å². The highest BCUT2D eigenvalue weighted by Gasteiger charge is 2.24. The van der Waals surface area contributed by atoms with Crippen molar-refractivity contribution in [3.8, 4) is 17.2 Å². The van der Waals surface area contributed by atoms with Crippen LogP contribution >= 0.6 is 11.3 Å². The molecule has 0 saturated carbocycles. The highest BCUT2D eigenvalue weighted by atomic mass is 32.1. The second-order valence-corrected chi connectivity index (χ2v) is 12.3. The molecule has 0 spiro atoms. The largest absolute Gasteiger partial charge is 0.276 e. The lowest BCUT2D eigenvalue weighted by Crippen LogP contribution is -2.03. The zero-order chi connectivity index (χ0) is 29.6. The number of hydrogen-bond donors (Lipinski definition) is 0. The Bertz CT molecular complexity index is 2830. The molecule has 3 aromatic heterocycles. The van der Waals surface area contributed by atoms with Gasteiger partial charge in [-0.2, -0.15) is 0 Å². The van der Waals surface area contributed by atoms with E-state index in [0.717, 1.165) is 33.2 Å². The highest BCUT2D eigenvalue weighted by Crippen LogP contribution is 2.49. The third-order valence-electron chi connectivity index (χ3n) is 8.91. The second-order valence-electron chi connectivity index (χ2n) is 11.3. The Morgan fingerprint density at radius 2 is 1.25 bits per heavy atom. The molecular formula is C40H23N3S. The number of thiophene rings is 1. The average Bonchev–Trinajstić information content (AvgIpc) is 3.65. The summed E-state index contributed by atoms with van der Waals surface area (Å²) in [5, 5.41) is 10.8. The van der Waals surface area contributed by atoms with Crippen molar-refractivity contribution < 1.29 is 1.37 Å². The van der Waals surface area contributed by atoms with E-state index in [1.807, 2.05) is 47.7 Å². The Morgan fingerprint density at radius 3 is 2.11 bits per heavy atom. The van der Waals surface area contributed by atoms with Crippen molar-refractivity contribution >= 4 is 85.8 Å². The molecule has 0 bridgehead atoms. The highest BCUT2D eigenvalue weighted by molar-refractivity contribution is 7.27. The van der Waals surface area contributed by atoms with E-state index in [2.05, 4.69) is 102 Å². The first-order valence-electron chi connectivity index (χ1n) is 15.3. The number of fused-ring (bicyclic) bond motifs is 13. The number of hydrogen-bond acceptors (Lipinski definition) is 3. The first kappa shape index (κ1) is 22.9. The summed E-state index contributed by atoms with van der Waals surface area (Å²) in [5.74, 6) is 0.608. The molecule has 0 N–H and O–H groups in total.